The number of para-hydroxylation sites is 1. The highest BCUT2D eigenvalue weighted by molar-refractivity contribution is 6.46. The highest BCUT2D eigenvalue weighted by Gasteiger charge is 2.47. The largest absolute Gasteiger partial charge is 0.507 e. The molecule has 2 heterocycles. The topological polar surface area (TPSA) is 80.0 Å². The van der Waals surface area contributed by atoms with E-state index in [4.69, 9.17) is 9.15 Å². The van der Waals surface area contributed by atoms with Crippen molar-refractivity contribution < 1.29 is 23.8 Å². The number of hydrogen-bond acceptors (Lipinski definition) is 5. The van der Waals surface area contributed by atoms with Crippen molar-refractivity contribution in [2.45, 2.75) is 12.6 Å². The van der Waals surface area contributed by atoms with Crippen LogP contribution >= 0.6 is 0 Å². The van der Waals surface area contributed by atoms with Gasteiger partial charge in [0.1, 0.15) is 17.3 Å². The summed E-state index contributed by atoms with van der Waals surface area (Å²) in [5, 5.41) is 11.0. The lowest BCUT2D eigenvalue weighted by atomic mass is 9.94. The number of furan rings is 1. The van der Waals surface area contributed by atoms with Crippen molar-refractivity contribution in [3.8, 4) is 5.75 Å². The summed E-state index contributed by atoms with van der Waals surface area (Å²) < 4.78 is 10.9. The molecule has 3 aromatic rings. The van der Waals surface area contributed by atoms with Gasteiger partial charge in [0, 0.05) is 11.1 Å². The SMILES string of the molecule is COc1ccccc1C1/C(=C(/O)c2ccccc2)C(=O)C(=O)N1Cc1ccco1. The monoisotopic (exact) mass is 389 g/mol. The number of rotatable bonds is 5. The highest BCUT2D eigenvalue weighted by atomic mass is 16.5. The first-order valence-electron chi connectivity index (χ1n) is 9.11. The van der Waals surface area contributed by atoms with Crippen LogP contribution in [0.2, 0.25) is 0 Å². The average Bonchev–Trinajstić information content (AvgIpc) is 3.36. The first-order chi connectivity index (χ1) is 14.1. The summed E-state index contributed by atoms with van der Waals surface area (Å²) in [4.78, 5) is 27.3. The molecule has 4 rings (SSSR count). The number of methoxy groups -OCH3 is 1. The molecule has 1 fully saturated rings. The zero-order chi connectivity index (χ0) is 20.4. The Balaban J connectivity index is 1.91. The van der Waals surface area contributed by atoms with Crippen molar-refractivity contribution in [3.63, 3.8) is 0 Å². The third kappa shape index (κ3) is 3.29. The summed E-state index contributed by atoms with van der Waals surface area (Å²) in [5.41, 5.74) is 1.10. The molecular formula is C23H19NO5. The number of Topliss-reactive ketones (excluding diaryl/α,β-unsaturated/α-hetero) is 1. The fraction of sp³-hybridized carbons (Fsp3) is 0.130. The minimum atomic E-state index is -0.809. The second kappa shape index (κ2) is 7.67. The minimum absolute atomic E-state index is 0.0252. The zero-order valence-electron chi connectivity index (χ0n) is 15.7. The van der Waals surface area contributed by atoms with Gasteiger partial charge in [-0.2, -0.15) is 0 Å². The summed E-state index contributed by atoms with van der Waals surface area (Å²) in [5.74, 6) is -0.611. The van der Waals surface area contributed by atoms with Crippen LogP contribution in [0, 0.1) is 0 Å². The highest BCUT2D eigenvalue weighted by Crippen LogP contribution is 2.43. The first-order valence-corrected chi connectivity index (χ1v) is 9.11. The van der Waals surface area contributed by atoms with Crippen LogP contribution in [0.3, 0.4) is 0 Å². The van der Waals surface area contributed by atoms with Crippen molar-refractivity contribution in [2.24, 2.45) is 0 Å². The molecule has 0 radical (unpaired) electrons. The molecule has 2 aromatic carbocycles. The van der Waals surface area contributed by atoms with E-state index in [1.807, 2.05) is 6.07 Å². The number of ketones is 1. The number of aliphatic hydroxyl groups is 1. The normalized spacial score (nSPS) is 18.2. The molecule has 1 aliphatic rings. The van der Waals surface area contributed by atoms with E-state index in [1.54, 1.807) is 60.7 Å². The lowest BCUT2D eigenvalue weighted by molar-refractivity contribution is -0.140. The van der Waals surface area contributed by atoms with E-state index in [1.165, 1.54) is 18.3 Å². The van der Waals surface area contributed by atoms with Crippen LogP contribution in [0.4, 0.5) is 0 Å². The van der Waals surface area contributed by atoms with Crippen LogP contribution in [0.1, 0.15) is 22.9 Å². The predicted octanol–water partition coefficient (Wildman–Crippen LogP) is 3.91. The van der Waals surface area contributed by atoms with Crippen LogP contribution < -0.4 is 4.74 Å². The summed E-state index contributed by atoms with van der Waals surface area (Å²) in [6.45, 7) is 0.0891. The quantitative estimate of drug-likeness (QED) is 0.407. The number of likely N-dealkylation sites (tertiary alicyclic amines) is 1. The fourth-order valence-corrected chi connectivity index (χ4v) is 3.58. The van der Waals surface area contributed by atoms with Crippen LogP contribution in [0.15, 0.2) is 83.0 Å². The lowest BCUT2D eigenvalue weighted by Crippen LogP contribution is -2.29. The number of aliphatic hydroxyl groups excluding tert-OH is 1. The number of amides is 1. The fourth-order valence-electron chi connectivity index (χ4n) is 3.58. The van der Waals surface area contributed by atoms with Crippen molar-refractivity contribution in [1.82, 2.24) is 4.90 Å². The Morgan fingerprint density at radius 2 is 1.76 bits per heavy atom. The molecule has 1 N–H and O–H groups in total. The first kappa shape index (κ1) is 18.6. The molecule has 0 spiro atoms. The molecule has 29 heavy (non-hydrogen) atoms. The molecule has 146 valence electrons. The van der Waals surface area contributed by atoms with E-state index in [9.17, 15) is 14.7 Å². The van der Waals surface area contributed by atoms with Crippen molar-refractivity contribution in [2.75, 3.05) is 7.11 Å². The third-order valence-electron chi connectivity index (χ3n) is 4.93. The van der Waals surface area contributed by atoms with Gasteiger partial charge < -0.3 is 19.2 Å². The number of nitrogens with zero attached hydrogens (tertiary/aromatic N) is 1. The van der Waals surface area contributed by atoms with E-state index in [2.05, 4.69) is 0 Å². The van der Waals surface area contributed by atoms with Gasteiger partial charge in [-0.05, 0) is 18.2 Å². The molecule has 6 nitrogen and oxygen atoms in total. The molecule has 1 aromatic heterocycles. The Labute approximate surface area is 167 Å². The molecule has 0 saturated carbocycles. The molecule has 1 amide bonds. The third-order valence-corrected chi connectivity index (χ3v) is 4.93. The Morgan fingerprint density at radius 1 is 1.03 bits per heavy atom. The number of ether oxygens (including phenoxy) is 1. The summed E-state index contributed by atoms with van der Waals surface area (Å²) in [7, 11) is 1.52. The number of carbonyl (C=O) groups is 2. The van der Waals surface area contributed by atoms with Gasteiger partial charge in [-0.25, -0.2) is 0 Å². The molecule has 1 aliphatic heterocycles. The molecule has 0 bridgehead atoms. The summed E-state index contributed by atoms with van der Waals surface area (Å²) >= 11 is 0. The van der Waals surface area contributed by atoms with Crippen molar-refractivity contribution >= 4 is 17.4 Å². The van der Waals surface area contributed by atoms with Crippen molar-refractivity contribution in [3.05, 3.63) is 95.5 Å². The Bertz CT molecular complexity index is 1070. The van der Waals surface area contributed by atoms with Crippen LogP contribution in [0.25, 0.3) is 5.76 Å². The molecule has 6 heteroatoms. The predicted molar refractivity (Wildman–Crippen MR) is 106 cm³/mol. The van der Waals surface area contributed by atoms with E-state index in [0.29, 0.717) is 22.6 Å². The zero-order valence-corrected chi connectivity index (χ0v) is 15.7. The van der Waals surface area contributed by atoms with Gasteiger partial charge in [0.25, 0.3) is 11.7 Å². The van der Waals surface area contributed by atoms with Crippen LogP contribution in [0.5, 0.6) is 5.75 Å². The van der Waals surface area contributed by atoms with E-state index < -0.39 is 17.7 Å². The molecule has 1 unspecified atom stereocenters. The van der Waals surface area contributed by atoms with Gasteiger partial charge >= 0.3 is 0 Å². The maximum Gasteiger partial charge on any atom is 0.296 e. The molecular weight excluding hydrogens is 370 g/mol. The Morgan fingerprint density at radius 3 is 2.45 bits per heavy atom. The summed E-state index contributed by atoms with van der Waals surface area (Å²) in [6.07, 6.45) is 1.51. The maximum atomic E-state index is 13.0. The number of hydrogen-bond donors (Lipinski definition) is 1. The summed E-state index contributed by atoms with van der Waals surface area (Å²) in [6, 6.07) is 18.5. The second-order valence-corrected chi connectivity index (χ2v) is 6.61. The maximum absolute atomic E-state index is 13.0. The van der Waals surface area contributed by atoms with Gasteiger partial charge in [-0.3, -0.25) is 9.59 Å². The van der Waals surface area contributed by atoms with E-state index >= 15 is 0 Å². The van der Waals surface area contributed by atoms with Crippen LogP contribution in [-0.4, -0.2) is 28.8 Å². The van der Waals surface area contributed by atoms with Gasteiger partial charge in [-0.15, -0.1) is 0 Å². The Hall–Kier alpha value is -3.80. The van der Waals surface area contributed by atoms with Gasteiger partial charge in [0.05, 0.1) is 31.5 Å². The van der Waals surface area contributed by atoms with Crippen LogP contribution in [-0.2, 0) is 16.1 Å². The second-order valence-electron chi connectivity index (χ2n) is 6.61. The van der Waals surface area contributed by atoms with E-state index in [-0.39, 0.29) is 17.9 Å². The molecule has 1 atom stereocenters. The molecule has 1 saturated heterocycles. The van der Waals surface area contributed by atoms with Gasteiger partial charge in [0.15, 0.2) is 0 Å². The lowest BCUT2D eigenvalue weighted by Gasteiger charge is -2.25. The number of carbonyl (C=O) groups excluding carboxylic acids is 2. The van der Waals surface area contributed by atoms with E-state index in [0.717, 1.165) is 0 Å². The van der Waals surface area contributed by atoms with Crippen molar-refractivity contribution in [1.29, 1.82) is 0 Å². The van der Waals surface area contributed by atoms with Gasteiger partial charge in [0.2, 0.25) is 0 Å². The average molecular weight is 389 g/mol. The Kier molecular flexibility index (Phi) is 4.91. The van der Waals surface area contributed by atoms with Gasteiger partial charge in [-0.1, -0.05) is 48.5 Å². The standard InChI is InChI=1S/C23H19NO5/c1-28-18-12-6-5-11-17(18)20-19(21(25)15-8-3-2-4-9-15)22(26)23(27)24(20)14-16-10-7-13-29-16/h2-13,20,25H,14H2,1H3/b21-19-. The minimum Gasteiger partial charge on any atom is -0.507 e. The molecule has 0 aliphatic carbocycles. The smallest absolute Gasteiger partial charge is 0.296 e. The number of benzene rings is 2.